The first kappa shape index (κ1) is 15.6. The van der Waals surface area contributed by atoms with Crippen LogP contribution >= 0.6 is 11.3 Å². The number of hydrogen-bond donors (Lipinski definition) is 1. The van der Waals surface area contributed by atoms with Crippen molar-refractivity contribution < 1.29 is 4.79 Å². The smallest absolute Gasteiger partial charge is 0.225 e. The summed E-state index contributed by atoms with van der Waals surface area (Å²) in [5, 5.41) is 8.20. The maximum absolute atomic E-state index is 12.2. The Bertz CT molecular complexity index is 619. The molecule has 7 heteroatoms. The lowest BCUT2D eigenvalue weighted by Gasteiger charge is -2.16. The van der Waals surface area contributed by atoms with Crippen LogP contribution in [0, 0.1) is 13.8 Å². The van der Waals surface area contributed by atoms with Crippen molar-refractivity contribution in [1.29, 1.82) is 0 Å². The van der Waals surface area contributed by atoms with Gasteiger partial charge < -0.3 is 5.32 Å². The van der Waals surface area contributed by atoms with Crippen LogP contribution in [0.5, 0.6) is 0 Å². The van der Waals surface area contributed by atoms with Crippen LogP contribution in [0.2, 0.25) is 0 Å². The van der Waals surface area contributed by atoms with Crippen LogP contribution in [0.3, 0.4) is 0 Å². The molecule has 0 saturated heterocycles. The van der Waals surface area contributed by atoms with Gasteiger partial charge in [-0.3, -0.25) is 4.79 Å². The lowest BCUT2D eigenvalue weighted by atomic mass is 10.2. The first-order chi connectivity index (χ1) is 10.0. The number of amides is 1. The van der Waals surface area contributed by atoms with Crippen LogP contribution in [0.1, 0.15) is 47.7 Å². The Balaban J connectivity index is 2.05. The first-order valence-corrected chi connectivity index (χ1v) is 7.96. The molecule has 1 amide bonds. The van der Waals surface area contributed by atoms with Gasteiger partial charge in [-0.15, -0.1) is 11.3 Å². The molecule has 114 valence electrons. The largest absolute Gasteiger partial charge is 0.346 e. The number of hydrogen-bond acceptors (Lipinski definition) is 5. The van der Waals surface area contributed by atoms with Gasteiger partial charge >= 0.3 is 0 Å². The molecule has 6 nitrogen and oxygen atoms in total. The van der Waals surface area contributed by atoms with Crippen LogP contribution < -0.4 is 5.32 Å². The molecule has 0 fully saturated rings. The molecular formula is C14H21N5OS. The van der Waals surface area contributed by atoms with E-state index in [1.54, 1.807) is 11.3 Å². The highest BCUT2D eigenvalue weighted by atomic mass is 32.1. The Morgan fingerprint density at radius 3 is 2.76 bits per heavy atom. The van der Waals surface area contributed by atoms with E-state index in [2.05, 4.69) is 20.4 Å². The van der Waals surface area contributed by atoms with Crippen molar-refractivity contribution in [3.05, 3.63) is 27.7 Å². The molecular weight excluding hydrogens is 286 g/mol. The molecule has 0 saturated carbocycles. The van der Waals surface area contributed by atoms with Gasteiger partial charge in [0, 0.05) is 11.4 Å². The van der Waals surface area contributed by atoms with E-state index in [0.717, 1.165) is 34.4 Å². The summed E-state index contributed by atoms with van der Waals surface area (Å²) < 4.78 is 1.82. The van der Waals surface area contributed by atoms with Crippen LogP contribution in [-0.2, 0) is 17.8 Å². The van der Waals surface area contributed by atoms with Crippen molar-refractivity contribution in [3.63, 3.8) is 0 Å². The minimum absolute atomic E-state index is 0.000692. The number of nitrogens with zero attached hydrogens (tertiary/aromatic N) is 4. The minimum atomic E-state index is -0.103. The van der Waals surface area contributed by atoms with Crippen molar-refractivity contribution in [1.82, 2.24) is 25.1 Å². The van der Waals surface area contributed by atoms with Gasteiger partial charge in [-0.05, 0) is 27.2 Å². The molecule has 2 aromatic rings. The summed E-state index contributed by atoms with van der Waals surface area (Å²) in [6, 6.07) is -0.103. The molecule has 1 N–H and O–H groups in total. The Morgan fingerprint density at radius 2 is 2.19 bits per heavy atom. The predicted octanol–water partition coefficient (Wildman–Crippen LogP) is 2.18. The first-order valence-electron chi connectivity index (χ1n) is 7.15. The lowest BCUT2D eigenvalue weighted by molar-refractivity contribution is -0.121. The molecule has 0 aliphatic rings. The Labute approximate surface area is 128 Å². The lowest BCUT2D eigenvalue weighted by Crippen LogP contribution is -2.31. The predicted molar refractivity (Wildman–Crippen MR) is 82.2 cm³/mol. The number of thiazole rings is 1. The van der Waals surface area contributed by atoms with E-state index in [1.807, 2.05) is 32.4 Å². The van der Waals surface area contributed by atoms with Gasteiger partial charge in [0.25, 0.3) is 0 Å². The quantitative estimate of drug-likeness (QED) is 0.888. The van der Waals surface area contributed by atoms with E-state index in [0.29, 0.717) is 6.42 Å². The molecule has 2 heterocycles. The van der Waals surface area contributed by atoms with E-state index in [-0.39, 0.29) is 11.9 Å². The number of rotatable bonds is 6. The Kier molecular flexibility index (Phi) is 5.06. The monoisotopic (exact) mass is 307 g/mol. The molecule has 0 aliphatic carbocycles. The number of aryl methyl sites for hydroxylation is 3. The van der Waals surface area contributed by atoms with Crippen LogP contribution in [-0.4, -0.2) is 25.7 Å². The fraction of sp³-hybridized carbons (Fsp3) is 0.571. The third-order valence-electron chi connectivity index (χ3n) is 3.32. The number of aromatic nitrogens is 4. The van der Waals surface area contributed by atoms with Crippen molar-refractivity contribution in [2.45, 2.75) is 53.1 Å². The number of carbonyl (C=O) groups excluding carboxylic acids is 1. The van der Waals surface area contributed by atoms with E-state index < -0.39 is 0 Å². The van der Waals surface area contributed by atoms with Gasteiger partial charge in [-0.25, -0.2) is 14.6 Å². The zero-order valence-corrected chi connectivity index (χ0v) is 13.7. The number of nitrogens with one attached hydrogen (secondary N) is 1. The molecule has 0 bridgehead atoms. The van der Waals surface area contributed by atoms with Gasteiger partial charge in [0.05, 0.1) is 23.2 Å². The van der Waals surface area contributed by atoms with Gasteiger partial charge in [0.1, 0.15) is 12.2 Å². The molecule has 0 radical (unpaired) electrons. The van der Waals surface area contributed by atoms with Crippen LogP contribution in [0.15, 0.2) is 6.33 Å². The standard InChI is InChI=1S/C14H21N5OS/c1-5-11(14-15-8-16-19(14)6-2)18-13(20)7-12-9(3)17-10(4)21-12/h8,11H,5-7H2,1-4H3,(H,18,20). The maximum atomic E-state index is 12.2. The highest BCUT2D eigenvalue weighted by Gasteiger charge is 2.19. The zero-order chi connectivity index (χ0) is 15.4. The summed E-state index contributed by atoms with van der Waals surface area (Å²) >= 11 is 1.58. The summed E-state index contributed by atoms with van der Waals surface area (Å²) in [6.07, 6.45) is 2.68. The highest BCUT2D eigenvalue weighted by Crippen LogP contribution is 2.19. The van der Waals surface area contributed by atoms with Crippen molar-refractivity contribution in [2.75, 3.05) is 0 Å². The second kappa shape index (κ2) is 6.80. The molecule has 1 unspecified atom stereocenters. The van der Waals surface area contributed by atoms with E-state index in [1.165, 1.54) is 6.33 Å². The summed E-state index contributed by atoms with van der Waals surface area (Å²) in [7, 11) is 0. The molecule has 0 spiro atoms. The number of carbonyl (C=O) groups is 1. The molecule has 21 heavy (non-hydrogen) atoms. The van der Waals surface area contributed by atoms with Crippen molar-refractivity contribution >= 4 is 17.2 Å². The van der Waals surface area contributed by atoms with Gasteiger partial charge in [0.15, 0.2) is 0 Å². The average molecular weight is 307 g/mol. The summed E-state index contributed by atoms with van der Waals surface area (Å²) in [4.78, 5) is 21.9. The fourth-order valence-corrected chi connectivity index (χ4v) is 3.20. The molecule has 0 aliphatic heterocycles. The summed E-state index contributed by atoms with van der Waals surface area (Å²) in [5.74, 6) is 0.810. The SMILES string of the molecule is CCC(NC(=O)Cc1sc(C)nc1C)c1ncnn1CC. The maximum Gasteiger partial charge on any atom is 0.225 e. The second-order valence-electron chi connectivity index (χ2n) is 4.88. The van der Waals surface area contributed by atoms with E-state index in [9.17, 15) is 4.79 Å². The average Bonchev–Trinajstić information content (AvgIpc) is 3.03. The zero-order valence-electron chi connectivity index (χ0n) is 12.9. The topological polar surface area (TPSA) is 72.7 Å². The third-order valence-corrected chi connectivity index (χ3v) is 4.39. The van der Waals surface area contributed by atoms with Crippen LogP contribution in [0.4, 0.5) is 0 Å². The molecule has 2 rings (SSSR count). The summed E-state index contributed by atoms with van der Waals surface area (Å²) in [6.45, 7) is 8.68. The van der Waals surface area contributed by atoms with E-state index in [4.69, 9.17) is 0 Å². The highest BCUT2D eigenvalue weighted by molar-refractivity contribution is 7.11. The van der Waals surface area contributed by atoms with Crippen molar-refractivity contribution in [2.24, 2.45) is 0 Å². The molecule has 2 aromatic heterocycles. The normalized spacial score (nSPS) is 12.4. The Hall–Kier alpha value is -1.76. The van der Waals surface area contributed by atoms with E-state index >= 15 is 0 Å². The molecule has 0 aromatic carbocycles. The second-order valence-corrected chi connectivity index (χ2v) is 6.17. The minimum Gasteiger partial charge on any atom is -0.346 e. The third kappa shape index (κ3) is 3.66. The van der Waals surface area contributed by atoms with Crippen LogP contribution in [0.25, 0.3) is 0 Å². The Morgan fingerprint density at radius 1 is 1.43 bits per heavy atom. The molecule has 1 atom stereocenters. The fourth-order valence-electron chi connectivity index (χ4n) is 2.26. The van der Waals surface area contributed by atoms with Crippen molar-refractivity contribution in [3.8, 4) is 0 Å². The van der Waals surface area contributed by atoms with Gasteiger partial charge in [-0.1, -0.05) is 6.92 Å². The summed E-state index contributed by atoms with van der Waals surface area (Å²) in [5.41, 5.74) is 0.942. The van der Waals surface area contributed by atoms with Gasteiger partial charge in [0.2, 0.25) is 5.91 Å². The van der Waals surface area contributed by atoms with Gasteiger partial charge in [-0.2, -0.15) is 5.10 Å².